The molecule has 1 atom stereocenters. The number of hydrogen-bond acceptors (Lipinski definition) is 3. The number of nitrogens with one attached hydrogen (secondary N) is 1. The fraction of sp³-hybridized carbons (Fsp3) is 0.333. The zero-order valence-corrected chi connectivity index (χ0v) is 16.7. The van der Waals surface area contributed by atoms with E-state index >= 15 is 0 Å². The Morgan fingerprint density at radius 2 is 1.93 bits per heavy atom. The standard InChI is InChI=1S/C21H23ClN2O3/c1-12-5-6-18(14(3)7-12)24-11-15(9-20(24)25)21(26)23-17-8-13(2)16(22)10-19(17)27-4/h5-8,10,15H,9,11H2,1-4H3,(H,23,26). The molecule has 1 N–H and O–H groups in total. The summed E-state index contributed by atoms with van der Waals surface area (Å²) < 4.78 is 5.31. The number of benzene rings is 2. The van der Waals surface area contributed by atoms with Crippen LogP contribution in [0.15, 0.2) is 30.3 Å². The first-order chi connectivity index (χ1) is 12.8. The zero-order valence-electron chi connectivity index (χ0n) is 15.9. The molecular weight excluding hydrogens is 364 g/mol. The molecule has 27 heavy (non-hydrogen) atoms. The molecule has 0 spiro atoms. The lowest BCUT2D eigenvalue weighted by atomic mass is 10.1. The van der Waals surface area contributed by atoms with E-state index in [1.165, 1.54) is 7.11 Å². The smallest absolute Gasteiger partial charge is 0.229 e. The molecular formula is C21H23ClN2O3. The van der Waals surface area contributed by atoms with E-state index in [1.807, 2.05) is 39.0 Å². The number of amides is 2. The van der Waals surface area contributed by atoms with Gasteiger partial charge in [-0.1, -0.05) is 29.3 Å². The topological polar surface area (TPSA) is 58.6 Å². The third-order valence-corrected chi connectivity index (χ3v) is 5.28. The number of anilines is 2. The van der Waals surface area contributed by atoms with Crippen molar-refractivity contribution in [3.8, 4) is 5.75 Å². The maximum Gasteiger partial charge on any atom is 0.229 e. The minimum atomic E-state index is -0.418. The van der Waals surface area contributed by atoms with Crippen molar-refractivity contribution in [3.05, 3.63) is 52.0 Å². The van der Waals surface area contributed by atoms with Crippen LogP contribution in [0.25, 0.3) is 0 Å². The van der Waals surface area contributed by atoms with Gasteiger partial charge in [0.25, 0.3) is 0 Å². The summed E-state index contributed by atoms with van der Waals surface area (Å²) in [4.78, 5) is 27.0. The van der Waals surface area contributed by atoms with Gasteiger partial charge in [-0.25, -0.2) is 0 Å². The van der Waals surface area contributed by atoms with Gasteiger partial charge in [0, 0.05) is 29.7 Å². The Bertz CT molecular complexity index is 911. The predicted octanol–water partition coefficient (Wildman–Crippen LogP) is 4.27. The summed E-state index contributed by atoms with van der Waals surface area (Å²) in [6.07, 6.45) is 0.189. The highest BCUT2D eigenvalue weighted by Gasteiger charge is 2.36. The number of ether oxygens (including phenoxy) is 1. The maximum atomic E-state index is 12.8. The molecule has 6 heteroatoms. The van der Waals surface area contributed by atoms with Crippen LogP contribution < -0.4 is 15.0 Å². The van der Waals surface area contributed by atoms with E-state index in [2.05, 4.69) is 5.32 Å². The number of hydrogen-bond donors (Lipinski definition) is 1. The van der Waals surface area contributed by atoms with Gasteiger partial charge in [-0.2, -0.15) is 0 Å². The van der Waals surface area contributed by atoms with Gasteiger partial charge in [-0.15, -0.1) is 0 Å². The lowest BCUT2D eigenvalue weighted by Gasteiger charge is -2.20. The molecule has 142 valence electrons. The van der Waals surface area contributed by atoms with Gasteiger partial charge in [0.1, 0.15) is 5.75 Å². The van der Waals surface area contributed by atoms with E-state index in [9.17, 15) is 9.59 Å². The van der Waals surface area contributed by atoms with Crippen molar-refractivity contribution >= 4 is 34.8 Å². The molecule has 2 aromatic carbocycles. The summed E-state index contributed by atoms with van der Waals surface area (Å²) in [7, 11) is 1.53. The molecule has 0 saturated carbocycles. The molecule has 5 nitrogen and oxygen atoms in total. The van der Waals surface area contributed by atoms with Crippen molar-refractivity contribution in [1.82, 2.24) is 0 Å². The van der Waals surface area contributed by atoms with Gasteiger partial charge < -0.3 is 15.0 Å². The van der Waals surface area contributed by atoms with Gasteiger partial charge in [-0.05, 0) is 44.0 Å². The van der Waals surface area contributed by atoms with Crippen LogP contribution in [-0.2, 0) is 9.59 Å². The second-order valence-electron chi connectivity index (χ2n) is 6.99. The Morgan fingerprint density at radius 1 is 1.19 bits per heavy atom. The Morgan fingerprint density at radius 3 is 2.59 bits per heavy atom. The van der Waals surface area contributed by atoms with E-state index in [1.54, 1.807) is 17.0 Å². The molecule has 1 fully saturated rings. The third kappa shape index (κ3) is 3.93. The Balaban J connectivity index is 1.77. The maximum absolute atomic E-state index is 12.8. The van der Waals surface area contributed by atoms with E-state index in [0.717, 1.165) is 22.4 Å². The average molecular weight is 387 g/mol. The third-order valence-electron chi connectivity index (χ3n) is 4.88. The summed E-state index contributed by atoms with van der Waals surface area (Å²) >= 11 is 6.12. The van der Waals surface area contributed by atoms with Crippen LogP contribution in [-0.4, -0.2) is 25.5 Å². The van der Waals surface area contributed by atoms with Crippen molar-refractivity contribution in [1.29, 1.82) is 0 Å². The largest absolute Gasteiger partial charge is 0.495 e. The van der Waals surface area contributed by atoms with Crippen molar-refractivity contribution in [3.63, 3.8) is 0 Å². The summed E-state index contributed by atoms with van der Waals surface area (Å²) in [5, 5.41) is 3.46. The second kappa shape index (κ2) is 7.61. The molecule has 2 amide bonds. The summed E-state index contributed by atoms with van der Waals surface area (Å²) in [6.45, 7) is 6.21. The van der Waals surface area contributed by atoms with Crippen LogP contribution in [0.4, 0.5) is 11.4 Å². The SMILES string of the molecule is COc1cc(Cl)c(C)cc1NC(=O)C1CC(=O)N(c2ccc(C)cc2C)C1. The van der Waals surface area contributed by atoms with Crippen LogP contribution in [0.2, 0.25) is 5.02 Å². The average Bonchev–Trinajstić information content (AvgIpc) is 2.99. The molecule has 0 aliphatic carbocycles. The first kappa shape index (κ1) is 19.2. The molecule has 1 heterocycles. The monoisotopic (exact) mass is 386 g/mol. The summed E-state index contributed by atoms with van der Waals surface area (Å²) in [6, 6.07) is 9.40. The highest BCUT2D eigenvalue weighted by molar-refractivity contribution is 6.31. The van der Waals surface area contributed by atoms with Crippen LogP contribution >= 0.6 is 11.6 Å². The van der Waals surface area contributed by atoms with Gasteiger partial charge in [0.2, 0.25) is 11.8 Å². The molecule has 1 aliphatic heterocycles. The zero-order chi connectivity index (χ0) is 19.7. The quantitative estimate of drug-likeness (QED) is 0.853. The number of halogens is 1. The summed E-state index contributed by atoms with van der Waals surface area (Å²) in [5.74, 6) is -0.162. The van der Waals surface area contributed by atoms with Crippen molar-refractivity contribution in [2.45, 2.75) is 27.2 Å². The molecule has 0 radical (unpaired) electrons. The van der Waals surface area contributed by atoms with Gasteiger partial charge in [0.15, 0.2) is 0 Å². The van der Waals surface area contributed by atoms with E-state index in [-0.39, 0.29) is 18.2 Å². The van der Waals surface area contributed by atoms with Crippen molar-refractivity contribution < 1.29 is 14.3 Å². The molecule has 1 saturated heterocycles. The first-order valence-corrected chi connectivity index (χ1v) is 9.20. The van der Waals surface area contributed by atoms with Crippen LogP contribution in [0, 0.1) is 26.7 Å². The predicted molar refractivity (Wildman–Crippen MR) is 108 cm³/mol. The molecule has 2 aromatic rings. The van der Waals surface area contributed by atoms with Crippen LogP contribution in [0.1, 0.15) is 23.1 Å². The second-order valence-corrected chi connectivity index (χ2v) is 7.39. The number of carbonyl (C=O) groups is 2. The highest BCUT2D eigenvalue weighted by Crippen LogP contribution is 2.33. The number of methoxy groups -OCH3 is 1. The number of rotatable bonds is 4. The molecule has 1 unspecified atom stereocenters. The lowest BCUT2D eigenvalue weighted by Crippen LogP contribution is -2.28. The van der Waals surface area contributed by atoms with E-state index < -0.39 is 5.92 Å². The van der Waals surface area contributed by atoms with E-state index in [4.69, 9.17) is 16.3 Å². The number of carbonyl (C=O) groups excluding carboxylic acids is 2. The Hall–Kier alpha value is -2.53. The number of aryl methyl sites for hydroxylation is 3. The summed E-state index contributed by atoms with van der Waals surface area (Å²) in [5.41, 5.74) is 4.43. The Labute approximate surface area is 164 Å². The van der Waals surface area contributed by atoms with E-state index in [0.29, 0.717) is 23.0 Å². The number of nitrogens with zero attached hydrogens (tertiary/aromatic N) is 1. The van der Waals surface area contributed by atoms with Gasteiger partial charge in [0.05, 0.1) is 18.7 Å². The minimum Gasteiger partial charge on any atom is -0.495 e. The van der Waals surface area contributed by atoms with Gasteiger partial charge >= 0.3 is 0 Å². The Kier molecular flexibility index (Phi) is 5.42. The van der Waals surface area contributed by atoms with Gasteiger partial charge in [-0.3, -0.25) is 9.59 Å². The minimum absolute atomic E-state index is 0.0404. The lowest BCUT2D eigenvalue weighted by molar-refractivity contribution is -0.122. The van der Waals surface area contributed by atoms with Crippen molar-refractivity contribution in [2.75, 3.05) is 23.9 Å². The van der Waals surface area contributed by atoms with Crippen LogP contribution in [0.3, 0.4) is 0 Å². The molecule has 0 bridgehead atoms. The fourth-order valence-electron chi connectivity index (χ4n) is 3.39. The normalized spacial score (nSPS) is 16.6. The molecule has 3 rings (SSSR count). The first-order valence-electron chi connectivity index (χ1n) is 8.82. The molecule has 1 aliphatic rings. The molecule has 0 aromatic heterocycles. The fourth-order valence-corrected chi connectivity index (χ4v) is 3.54. The van der Waals surface area contributed by atoms with Crippen molar-refractivity contribution in [2.24, 2.45) is 5.92 Å². The highest BCUT2D eigenvalue weighted by atomic mass is 35.5. The van der Waals surface area contributed by atoms with Crippen LogP contribution in [0.5, 0.6) is 5.75 Å².